The summed E-state index contributed by atoms with van der Waals surface area (Å²) in [5, 5.41) is 12.6. The number of thioether (sulfide) groups is 1. The van der Waals surface area contributed by atoms with Gasteiger partial charge in [0, 0.05) is 11.8 Å². The van der Waals surface area contributed by atoms with Gasteiger partial charge in [-0.15, -0.1) is 0 Å². The predicted molar refractivity (Wildman–Crippen MR) is 91.3 cm³/mol. The molecule has 120 valence electrons. The maximum atomic E-state index is 9.37. The molecule has 1 unspecified atom stereocenters. The Bertz CT molecular complexity index is 213. The molecule has 0 aromatic carbocycles. The van der Waals surface area contributed by atoms with Gasteiger partial charge in [-0.05, 0) is 25.0 Å². The molecule has 0 aliphatic carbocycles. The first kappa shape index (κ1) is 18.3. The molecule has 0 bridgehead atoms. The summed E-state index contributed by atoms with van der Waals surface area (Å²) in [5.41, 5.74) is 0. The largest absolute Gasteiger partial charge is 0.379 e. The number of hydrogen-bond donors (Lipinski definition) is 2. The quantitative estimate of drug-likeness (QED) is 0.483. The Balaban J connectivity index is 1.70. The fraction of sp³-hybridized carbons (Fsp3) is 1.00. The Kier molecular flexibility index (Phi) is 11.9. The van der Waals surface area contributed by atoms with Gasteiger partial charge in [0.15, 0.2) is 0 Å². The van der Waals surface area contributed by atoms with Gasteiger partial charge in [-0.25, -0.2) is 0 Å². The van der Waals surface area contributed by atoms with E-state index in [9.17, 15) is 5.11 Å². The average molecular weight is 302 g/mol. The van der Waals surface area contributed by atoms with Crippen molar-refractivity contribution in [2.45, 2.75) is 96.2 Å². The SMILES string of the molecule is CCCCCCCCCCCCSC[C@@H]1CCC(O)N1. The molecular weight excluding hydrogens is 266 g/mol. The van der Waals surface area contributed by atoms with E-state index < -0.39 is 0 Å². The van der Waals surface area contributed by atoms with Gasteiger partial charge in [0.1, 0.15) is 6.23 Å². The highest BCUT2D eigenvalue weighted by molar-refractivity contribution is 7.99. The summed E-state index contributed by atoms with van der Waals surface area (Å²) in [6.07, 6.45) is 16.0. The number of aliphatic hydroxyl groups excluding tert-OH is 1. The van der Waals surface area contributed by atoms with Crippen LogP contribution in [0.4, 0.5) is 0 Å². The molecule has 1 rings (SSSR count). The lowest BCUT2D eigenvalue weighted by Crippen LogP contribution is -2.30. The summed E-state index contributed by atoms with van der Waals surface area (Å²) in [5.74, 6) is 2.47. The molecule has 1 saturated heterocycles. The summed E-state index contributed by atoms with van der Waals surface area (Å²) in [4.78, 5) is 0. The fourth-order valence-corrected chi connectivity index (χ4v) is 3.97. The van der Waals surface area contributed by atoms with Crippen LogP contribution in [0.3, 0.4) is 0 Å². The van der Waals surface area contributed by atoms with Gasteiger partial charge in [-0.1, -0.05) is 64.7 Å². The van der Waals surface area contributed by atoms with Crippen LogP contribution >= 0.6 is 11.8 Å². The molecule has 0 aromatic rings. The van der Waals surface area contributed by atoms with E-state index in [0.29, 0.717) is 6.04 Å². The third kappa shape index (κ3) is 10.1. The van der Waals surface area contributed by atoms with E-state index in [-0.39, 0.29) is 6.23 Å². The van der Waals surface area contributed by atoms with Crippen LogP contribution in [0.2, 0.25) is 0 Å². The highest BCUT2D eigenvalue weighted by Gasteiger charge is 2.20. The zero-order valence-corrected chi connectivity index (χ0v) is 14.2. The molecule has 1 aliphatic heterocycles. The monoisotopic (exact) mass is 301 g/mol. The minimum absolute atomic E-state index is 0.238. The summed E-state index contributed by atoms with van der Waals surface area (Å²) in [7, 11) is 0. The average Bonchev–Trinajstić information content (AvgIpc) is 2.86. The van der Waals surface area contributed by atoms with Crippen LogP contribution in [0, 0.1) is 0 Å². The van der Waals surface area contributed by atoms with E-state index in [1.807, 2.05) is 0 Å². The summed E-state index contributed by atoms with van der Waals surface area (Å²) in [6.45, 7) is 2.28. The van der Waals surface area contributed by atoms with Crippen LogP contribution in [-0.4, -0.2) is 28.9 Å². The van der Waals surface area contributed by atoms with Crippen molar-refractivity contribution in [2.75, 3.05) is 11.5 Å². The highest BCUT2D eigenvalue weighted by Crippen LogP contribution is 2.17. The number of hydrogen-bond acceptors (Lipinski definition) is 3. The molecule has 0 aromatic heterocycles. The third-order valence-corrected chi connectivity index (χ3v) is 5.39. The minimum Gasteiger partial charge on any atom is -0.379 e. The van der Waals surface area contributed by atoms with Crippen molar-refractivity contribution in [3.05, 3.63) is 0 Å². The first-order chi connectivity index (χ1) is 9.83. The maximum Gasteiger partial charge on any atom is 0.105 e. The number of aliphatic hydroxyl groups is 1. The van der Waals surface area contributed by atoms with Crippen LogP contribution in [-0.2, 0) is 0 Å². The lowest BCUT2D eigenvalue weighted by atomic mass is 10.1. The molecular formula is C17H35NOS. The van der Waals surface area contributed by atoms with Gasteiger partial charge in [0.05, 0.1) is 0 Å². The van der Waals surface area contributed by atoms with Crippen molar-refractivity contribution in [2.24, 2.45) is 0 Å². The topological polar surface area (TPSA) is 32.3 Å². The third-order valence-electron chi connectivity index (χ3n) is 4.18. The van der Waals surface area contributed by atoms with E-state index in [1.165, 1.54) is 75.7 Å². The van der Waals surface area contributed by atoms with Gasteiger partial charge in [0.2, 0.25) is 0 Å². The maximum absolute atomic E-state index is 9.37. The van der Waals surface area contributed by atoms with Gasteiger partial charge in [-0.2, -0.15) is 11.8 Å². The molecule has 3 heteroatoms. The van der Waals surface area contributed by atoms with Crippen LogP contribution in [0.1, 0.15) is 84.0 Å². The predicted octanol–water partition coefficient (Wildman–Crippen LogP) is 4.71. The van der Waals surface area contributed by atoms with Crippen molar-refractivity contribution >= 4 is 11.8 Å². The second-order valence-electron chi connectivity index (χ2n) is 6.21. The van der Waals surface area contributed by atoms with Crippen molar-refractivity contribution < 1.29 is 5.11 Å². The lowest BCUT2D eigenvalue weighted by molar-refractivity contribution is 0.156. The van der Waals surface area contributed by atoms with Crippen LogP contribution in [0.5, 0.6) is 0 Å². The lowest BCUT2D eigenvalue weighted by Gasteiger charge is -2.10. The molecule has 2 nitrogen and oxygen atoms in total. The molecule has 0 radical (unpaired) electrons. The Morgan fingerprint density at radius 3 is 2.05 bits per heavy atom. The first-order valence-corrected chi connectivity index (χ1v) is 10.00. The van der Waals surface area contributed by atoms with Crippen molar-refractivity contribution in [1.82, 2.24) is 5.32 Å². The Morgan fingerprint density at radius 1 is 0.900 bits per heavy atom. The second kappa shape index (κ2) is 13.0. The number of rotatable bonds is 13. The van der Waals surface area contributed by atoms with Crippen molar-refractivity contribution in [3.8, 4) is 0 Å². The molecule has 20 heavy (non-hydrogen) atoms. The molecule has 2 atom stereocenters. The van der Waals surface area contributed by atoms with E-state index in [1.54, 1.807) is 0 Å². The van der Waals surface area contributed by atoms with Crippen LogP contribution in [0.15, 0.2) is 0 Å². The van der Waals surface area contributed by atoms with E-state index in [2.05, 4.69) is 24.0 Å². The Hall–Kier alpha value is 0.270. The summed E-state index contributed by atoms with van der Waals surface area (Å²) < 4.78 is 0. The number of nitrogens with one attached hydrogen (secondary N) is 1. The van der Waals surface area contributed by atoms with Crippen LogP contribution < -0.4 is 5.32 Å². The molecule has 1 aliphatic rings. The van der Waals surface area contributed by atoms with E-state index in [4.69, 9.17) is 0 Å². The van der Waals surface area contributed by atoms with E-state index in [0.717, 1.165) is 12.8 Å². The molecule has 0 spiro atoms. The second-order valence-corrected chi connectivity index (χ2v) is 7.36. The normalized spacial score (nSPS) is 22.5. The van der Waals surface area contributed by atoms with Gasteiger partial charge in [-0.3, -0.25) is 5.32 Å². The van der Waals surface area contributed by atoms with Gasteiger partial charge in [0.25, 0.3) is 0 Å². The zero-order chi connectivity index (χ0) is 14.5. The molecule has 0 amide bonds. The highest BCUT2D eigenvalue weighted by atomic mass is 32.2. The first-order valence-electron chi connectivity index (χ1n) is 8.84. The van der Waals surface area contributed by atoms with Gasteiger partial charge < -0.3 is 5.11 Å². The molecule has 1 heterocycles. The van der Waals surface area contributed by atoms with Crippen molar-refractivity contribution in [3.63, 3.8) is 0 Å². The summed E-state index contributed by atoms with van der Waals surface area (Å²) >= 11 is 2.06. The van der Waals surface area contributed by atoms with Gasteiger partial charge >= 0.3 is 0 Å². The zero-order valence-electron chi connectivity index (χ0n) is 13.4. The minimum atomic E-state index is -0.238. The number of unbranched alkanes of at least 4 members (excludes halogenated alkanes) is 9. The van der Waals surface area contributed by atoms with Crippen LogP contribution in [0.25, 0.3) is 0 Å². The summed E-state index contributed by atoms with van der Waals surface area (Å²) in [6, 6.07) is 0.554. The van der Waals surface area contributed by atoms with Crippen molar-refractivity contribution in [1.29, 1.82) is 0 Å². The Morgan fingerprint density at radius 2 is 1.50 bits per heavy atom. The fourth-order valence-electron chi connectivity index (χ4n) is 2.85. The van der Waals surface area contributed by atoms with E-state index >= 15 is 0 Å². The smallest absolute Gasteiger partial charge is 0.105 e. The molecule has 1 fully saturated rings. The Labute approximate surface area is 130 Å². The standard InChI is InChI=1S/C17H35NOS/c1-2-3-4-5-6-7-8-9-10-11-14-20-15-16-12-13-17(19)18-16/h16-19H,2-15H2,1H3/t16-,17?/m0/s1. The molecule has 0 saturated carbocycles. The molecule has 2 N–H and O–H groups in total.